The summed E-state index contributed by atoms with van der Waals surface area (Å²) in [4.78, 5) is 0. The molecule has 0 aromatic heterocycles. The lowest BCUT2D eigenvalue weighted by Gasteiger charge is -2.51. The van der Waals surface area contributed by atoms with E-state index in [0.29, 0.717) is 12.3 Å². The largest absolute Gasteiger partial charge is 0.508 e. The number of hydrogen-bond donors (Lipinski definition) is 3. The van der Waals surface area contributed by atoms with Crippen molar-refractivity contribution in [3.8, 4) is 0 Å². The fourth-order valence-electron chi connectivity index (χ4n) is 5.91. The maximum absolute atomic E-state index is 10.7. The molecule has 2 rings (SSSR count). The monoisotopic (exact) mass is 488 g/mol. The second kappa shape index (κ2) is 12.3. The molecule has 0 saturated carbocycles. The highest BCUT2D eigenvalue weighted by molar-refractivity contribution is 5.44. The fraction of sp³-hybridized carbons (Fsp3) is 0.742. The van der Waals surface area contributed by atoms with E-state index in [4.69, 9.17) is 4.74 Å². The van der Waals surface area contributed by atoms with E-state index in [2.05, 4.69) is 34.3 Å². The van der Waals surface area contributed by atoms with Gasteiger partial charge < -0.3 is 20.1 Å². The van der Waals surface area contributed by atoms with Crippen molar-refractivity contribution in [3.63, 3.8) is 0 Å². The van der Waals surface area contributed by atoms with Crippen molar-refractivity contribution in [3.05, 3.63) is 46.8 Å². The minimum Gasteiger partial charge on any atom is -0.508 e. The Morgan fingerprint density at radius 3 is 2.57 bits per heavy atom. The zero-order valence-electron chi connectivity index (χ0n) is 23.5. The number of hydrogen-bond acceptors (Lipinski definition) is 4. The minimum absolute atomic E-state index is 0.104. The van der Waals surface area contributed by atoms with Crippen molar-refractivity contribution in [2.45, 2.75) is 142 Å². The Morgan fingerprint density at radius 1 is 1.29 bits per heavy atom. The highest BCUT2D eigenvalue weighted by atomic mass is 16.5. The first-order valence-electron chi connectivity index (χ1n) is 13.8. The second-order valence-corrected chi connectivity index (χ2v) is 11.9. The Balaban J connectivity index is 1.79. The molecule has 1 aliphatic carbocycles. The third kappa shape index (κ3) is 7.81. The van der Waals surface area contributed by atoms with Gasteiger partial charge in [0.15, 0.2) is 0 Å². The van der Waals surface area contributed by atoms with Crippen LogP contribution < -0.4 is 0 Å². The molecule has 2 aliphatic rings. The first-order chi connectivity index (χ1) is 16.3. The molecule has 0 spiro atoms. The van der Waals surface area contributed by atoms with Crippen molar-refractivity contribution in [2.75, 3.05) is 0 Å². The molecule has 1 saturated heterocycles. The highest BCUT2D eigenvalue weighted by Crippen LogP contribution is 2.50. The summed E-state index contributed by atoms with van der Waals surface area (Å²) in [6, 6.07) is 0. The molecular weight excluding hydrogens is 436 g/mol. The summed E-state index contributed by atoms with van der Waals surface area (Å²) in [5.74, 6) is 0.731. The first-order valence-corrected chi connectivity index (χ1v) is 13.8. The van der Waals surface area contributed by atoms with E-state index in [-0.39, 0.29) is 17.0 Å². The van der Waals surface area contributed by atoms with Gasteiger partial charge in [-0.25, -0.2) is 0 Å². The molecule has 1 heterocycles. The van der Waals surface area contributed by atoms with Crippen LogP contribution in [0.5, 0.6) is 0 Å². The van der Waals surface area contributed by atoms with Crippen LogP contribution in [0, 0.1) is 5.92 Å². The molecule has 0 aromatic rings. The summed E-state index contributed by atoms with van der Waals surface area (Å²) in [7, 11) is 0. The standard InChI is InChI=1S/C31H52O4/c1-9-31-25(5)24(4)28(33)21-27(31)16-20-30(8,35-31)19-11-14-22(2)13-10-17-29(7,34)18-12-15-23(3)26(6)32/h15,21-22,28,32-34H,6,9-14,16-20H2,1-5,7-8H3/b23-15+. The molecule has 1 fully saturated rings. The molecule has 1 aliphatic heterocycles. The number of ether oxygens (including phenoxy) is 1. The smallest absolute Gasteiger partial charge is 0.111 e. The molecule has 4 heteroatoms. The summed E-state index contributed by atoms with van der Waals surface area (Å²) in [5.41, 5.74) is 3.13. The summed E-state index contributed by atoms with van der Waals surface area (Å²) < 4.78 is 6.93. The van der Waals surface area contributed by atoms with Crippen molar-refractivity contribution in [2.24, 2.45) is 5.92 Å². The van der Waals surface area contributed by atoms with Crippen LogP contribution in [-0.4, -0.2) is 38.2 Å². The van der Waals surface area contributed by atoms with E-state index in [1.54, 1.807) is 0 Å². The molecule has 35 heavy (non-hydrogen) atoms. The van der Waals surface area contributed by atoms with Crippen molar-refractivity contribution in [1.29, 1.82) is 0 Å². The highest BCUT2D eigenvalue weighted by Gasteiger charge is 2.48. The van der Waals surface area contributed by atoms with E-state index in [0.717, 1.165) is 68.9 Å². The third-order valence-electron chi connectivity index (χ3n) is 8.76. The van der Waals surface area contributed by atoms with Crippen LogP contribution >= 0.6 is 0 Å². The van der Waals surface area contributed by atoms with Gasteiger partial charge >= 0.3 is 0 Å². The Labute approximate surface area is 214 Å². The molecule has 200 valence electrons. The van der Waals surface area contributed by atoms with Crippen molar-refractivity contribution >= 4 is 0 Å². The molecule has 5 unspecified atom stereocenters. The molecule has 0 bridgehead atoms. The predicted octanol–water partition coefficient (Wildman–Crippen LogP) is 7.87. The zero-order valence-corrected chi connectivity index (χ0v) is 23.5. The van der Waals surface area contributed by atoms with E-state index in [1.165, 1.54) is 17.6 Å². The van der Waals surface area contributed by atoms with Crippen LogP contribution in [0.3, 0.4) is 0 Å². The van der Waals surface area contributed by atoms with Gasteiger partial charge in [0.1, 0.15) is 11.4 Å². The molecule has 0 aromatic carbocycles. The number of fused-ring (bicyclic) bond motifs is 1. The number of rotatable bonds is 13. The number of aliphatic hydroxyl groups excluding tert-OH is 2. The van der Waals surface area contributed by atoms with Gasteiger partial charge in [0, 0.05) is 0 Å². The lowest BCUT2D eigenvalue weighted by atomic mass is 9.70. The van der Waals surface area contributed by atoms with E-state index < -0.39 is 11.7 Å². The molecule has 5 atom stereocenters. The van der Waals surface area contributed by atoms with Crippen LogP contribution in [-0.2, 0) is 4.74 Å². The molecular formula is C31H52O4. The van der Waals surface area contributed by atoms with Gasteiger partial charge in [0.25, 0.3) is 0 Å². The predicted molar refractivity (Wildman–Crippen MR) is 146 cm³/mol. The van der Waals surface area contributed by atoms with Crippen LogP contribution in [0.4, 0.5) is 0 Å². The van der Waals surface area contributed by atoms with Gasteiger partial charge in [-0.05, 0) is 114 Å². The summed E-state index contributed by atoms with van der Waals surface area (Å²) in [6.07, 6.45) is 14.2. The van der Waals surface area contributed by atoms with Crippen LogP contribution in [0.15, 0.2) is 46.8 Å². The Hall–Kier alpha value is -1.36. The van der Waals surface area contributed by atoms with Crippen molar-refractivity contribution in [1.82, 2.24) is 0 Å². The third-order valence-corrected chi connectivity index (χ3v) is 8.76. The van der Waals surface area contributed by atoms with Gasteiger partial charge in [-0.1, -0.05) is 52.2 Å². The van der Waals surface area contributed by atoms with Gasteiger partial charge in [-0.15, -0.1) is 0 Å². The van der Waals surface area contributed by atoms with Crippen LogP contribution in [0.2, 0.25) is 0 Å². The summed E-state index contributed by atoms with van der Waals surface area (Å²) >= 11 is 0. The average Bonchev–Trinajstić information content (AvgIpc) is 2.78. The van der Waals surface area contributed by atoms with Gasteiger partial charge in [0.05, 0.1) is 17.3 Å². The van der Waals surface area contributed by atoms with Crippen molar-refractivity contribution < 1.29 is 20.1 Å². The zero-order chi connectivity index (χ0) is 26.4. The minimum atomic E-state index is -0.673. The molecule has 3 N–H and O–H groups in total. The topological polar surface area (TPSA) is 69.9 Å². The van der Waals surface area contributed by atoms with Gasteiger partial charge in [0.2, 0.25) is 0 Å². The average molecular weight is 489 g/mol. The van der Waals surface area contributed by atoms with Crippen LogP contribution in [0.25, 0.3) is 0 Å². The van der Waals surface area contributed by atoms with Crippen LogP contribution in [0.1, 0.15) is 119 Å². The Kier molecular flexibility index (Phi) is 10.5. The van der Waals surface area contributed by atoms with E-state index >= 15 is 0 Å². The molecule has 0 radical (unpaired) electrons. The lowest BCUT2D eigenvalue weighted by molar-refractivity contribution is -0.144. The van der Waals surface area contributed by atoms with Gasteiger partial charge in [-0.3, -0.25) is 0 Å². The second-order valence-electron chi connectivity index (χ2n) is 11.9. The summed E-state index contributed by atoms with van der Waals surface area (Å²) in [5, 5.41) is 30.5. The Bertz CT molecular complexity index is 833. The maximum Gasteiger partial charge on any atom is 0.111 e. The maximum atomic E-state index is 10.7. The quantitative estimate of drug-likeness (QED) is 0.140. The Morgan fingerprint density at radius 2 is 1.94 bits per heavy atom. The van der Waals surface area contributed by atoms with E-state index in [1.807, 2.05) is 32.9 Å². The summed E-state index contributed by atoms with van der Waals surface area (Å²) in [6.45, 7) is 18.3. The first kappa shape index (κ1) is 29.9. The number of aliphatic hydroxyl groups is 3. The van der Waals surface area contributed by atoms with E-state index in [9.17, 15) is 15.3 Å². The fourth-order valence-corrected chi connectivity index (χ4v) is 5.91. The SMILES string of the molecule is C=C(O)/C(C)=C/CCC(C)(O)CCCC(C)CCCC1(C)CCC2=CC(O)C(C)=C(C)C2(CC)O1. The normalized spacial score (nSPS) is 29.9. The molecule has 0 amide bonds. The van der Waals surface area contributed by atoms with Gasteiger partial charge in [-0.2, -0.15) is 0 Å². The number of allylic oxidation sites excluding steroid dienone is 2. The lowest BCUT2D eigenvalue weighted by Crippen LogP contribution is -2.51. The molecule has 4 nitrogen and oxygen atoms in total.